The van der Waals surface area contributed by atoms with Gasteiger partial charge in [-0.3, -0.25) is 0 Å². The molecule has 1 atom stereocenters. The van der Waals surface area contributed by atoms with Crippen molar-refractivity contribution in [1.82, 2.24) is 0 Å². The van der Waals surface area contributed by atoms with Gasteiger partial charge in [-0.1, -0.05) is 13.8 Å². The Labute approximate surface area is 134 Å². The summed E-state index contributed by atoms with van der Waals surface area (Å²) in [6.07, 6.45) is -0.707. The van der Waals surface area contributed by atoms with Crippen LogP contribution in [0.5, 0.6) is 5.75 Å². The fourth-order valence-electron chi connectivity index (χ4n) is 1.62. The van der Waals surface area contributed by atoms with Gasteiger partial charge in [-0.2, -0.15) is 0 Å². The second-order valence-electron chi connectivity index (χ2n) is 5.01. The first-order chi connectivity index (χ1) is 10.6. The van der Waals surface area contributed by atoms with Crippen molar-refractivity contribution in [3.63, 3.8) is 0 Å². The molecule has 0 bridgehead atoms. The van der Waals surface area contributed by atoms with Crippen LogP contribution in [0.15, 0.2) is 18.2 Å². The van der Waals surface area contributed by atoms with Crippen molar-refractivity contribution in [2.75, 3.05) is 19.5 Å². The summed E-state index contributed by atoms with van der Waals surface area (Å²) < 4.78 is 60.1. The molecule has 0 fully saturated rings. The molecular formula is C14H18FO7S-. The molecular weight excluding hydrogens is 331 g/mol. The molecule has 0 heterocycles. The van der Waals surface area contributed by atoms with E-state index in [1.54, 1.807) is 0 Å². The summed E-state index contributed by atoms with van der Waals surface area (Å²) in [6.45, 7) is 3.05. The lowest BCUT2D eigenvalue weighted by Crippen LogP contribution is -2.25. The average Bonchev–Trinajstić information content (AvgIpc) is 2.44. The molecule has 1 aromatic carbocycles. The average molecular weight is 349 g/mol. The minimum atomic E-state index is -4.47. The lowest BCUT2D eigenvalue weighted by Gasteiger charge is -2.21. The topological polar surface area (TPSA) is 102 Å². The molecule has 0 radical (unpaired) electrons. The largest absolute Gasteiger partial charge is 0.748 e. The molecule has 7 nitrogen and oxygen atoms in total. The van der Waals surface area contributed by atoms with Gasteiger partial charge in [0.15, 0.2) is 11.6 Å². The number of rotatable bonds is 8. The Morgan fingerprint density at radius 1 is 1.35 bits per heavy atom. The zero-order chi connectivity index (χ0) is 17.6. The maximum absolute atomic E-state index is 13.7. The van der Waals surface area contributed by atoms with Gasteiger partial charge in [-0.05, 0) is 18.2 Å². The van der Waals surface area contributed by atoms with Crippen LogP contribution in [0.2, 0.25) is 0 Å². The van der Waals surface area contributed by atoms with Crippen LogP contribution in [0.3, 0.4) is 0 Å². The monoisotopic (exact) mass is 349 g/mol. The van der Waals surface area contributed by atoms with Crippen molar-refractivity contribution >= 4 is 16.1 Å². The first-order valence-electron chi connectivity index (χ1n) is 6.73. The van der Waals surface area contributed by atoms with Crippen LogP contribution in [0.25, 0.3) is 0 Å². The van der Waals surface area contributed by atoms with Crippen LogP contribution in [-0.4, -0.2) is 44.7 Å². The molecule has 9 heteroatoms. The van der Waals surface area contributed by atoms with Crippen LogP contribution in [0.1, 0.15) is 24.2 Å². The minimum Gasteiger partial charge on any atom is -0.748 e. The van der Waals surface area contributed by atoms with Gasteiger partial charge in [-0.15, -0.1) is 0 Å². The smallest absolute Gasteiger partial charge is 0.338 e. The summed E-state index contributed by atoms with van der Waals surface area (Å²) in [5.41, 5.74) is -0.0386. The first kappa shape index (κ1) is 19.3. The standard InChI is InChI=1S/C14H19FO7S/c1-9(2)14(20-3)22-12-8-10(4-5-11(12)15)13(16)21-6-7-23(17,18)19/h4-5,8-9,14H,6-7H2,1-3H3,(H,17,18,19)/p-1. The maximum atomic E-state index is 13.7. The first-order valence-corrected chi connectivity index (χ1v) is 8.31. The number of methoxy groups -OCH3 is 1. The van der Waals surface area contributed by atoms with E-state index in [0.29, 0.717) is 0 Å². The summed E-state index contributed by atoms with van der Waals surface area (Å²) in [7, 11) is -3.07. The summed E-state index contributed by atoms with van der Waals surface area (Å²) in [5.74, 6) is -2.67. The molecule has 0 saturated carbocycles. The van der Waals surface area contributed by atoms with Gasteiger partial charge in [0.05, 0.1) is 21.4 Å². The number of esters is 1. The summed E-state index contributed by atoms with van der Waals surface area (Å²) in [6, 6.07) is 3.30. The van der Waals surface area contributed by atoms with Gasteiger partial charge in [0.25, 0.3) is 0 Å². The highest BCUT2D eigenvalue weighted by Gasteiger charge is 2.18. The van der Waals surface area contributed by atoms with E-state index in [2.05, 4.69) is 4.74 Å². The summed E-state index contributed by atoms with van der Waals surface area (Å²) >= 11 is 0. The van der Waals surface area contributed by atoms with Crippen LogP contribution in [0, 0.1) is 11.7 Å². The quantitative estimate of drug-likeness (QED) is 0.398. The highest BCUT2D eigenvalue weighted by molar-refractivity contribution is 7.85. The molecule has 0 aliphatic heterocycles. The van der Waals surface area contributed by atoms with Crippen molar-refractivity contribution in [2.45, 2.75) is 20.1 Å². The highest BCUT2D eigenvalue weighted by atomic mass is 32.2. The van der Waals surface area contributed by atoms with Gasteiger partial charge >= 0.3 is 5.97 Å². The third kappa shape index (κ3) is 6.51. The Hall–Kier alpha value is -1.71. The van der Waals surface area contributed by atoms with E-state index >= 15 is 0 Å². The molecule has 0 saturated heterocycles. The number of carbonyl (C=O) groups excluding carboxylic acids is 1. The highest BCUT2D eigenvalue weighted by Crippen LogP contribution is 2.22. The number of carbonyl (C=O) groups is 1. The second-order valence-corrected chi connectivity index (χ2v) is 6.53. The zero-order valence-electron chi connectivity index (χ0n) is 12.9. The van der Waals surface area contributed by atoms with Gasteiger partial charge in [0.2, 0.25) is 6.29 Å². The fraction of sp³-hybridized carbons (Fsp3) is 0.500. The molecule has 130 valence electrons. The summed E-state index contributed by atoms with van der Waals surface area (Å²) in [5, 5.41) is 0. The van der Waals surface area contributed by atoms with Crippen molar-refractivity contribution in [1.29, 1.82) is 0 Å². The van der Waals surface area contributed by atoms with Crippen molar-refractivity contribution in [2.24, 2.45) is 5.92 Å². The van der Waals surface area contributed by atoms with Crippen molar-refractivity contribution < 1.29 is 36.4 Å². The maximum Gasteiger partial charge on any atom is 0.338 e. The van der Waals surface area contributed by atoms with Gasteiger partial charge in [-0.25, -0.2) is 17.6 Å². The van der Waals surface area contributed by atoms with Crippen LogP contribution in [-0.2, 0) is 19.6 Å². The van der Waals surface area contributed by atoms with E-state index in [1.165, 1.54) is 7.11 Å². The SMILES string of the molecule is COC(Oc1cc(C(=O)OCCS(=O)(=O)[O-])ccc1F)C(C)C. The Balaban J connectivity index is 2.81. The van der Waals surface area contributed by atoms with Crippen molar-refractivity contribution in [3.8, 4) is 5.75 Å². The molecule has 1 unspecified atom stereocenters. The number of hydrogen-bond acceptors (Lipinski definition) is 7. The molecule has 0 amide bonds. The van der Waals surface area contributed by atoms with E-state index in [4.69, 9.17) is 9.47 Å². The van der Waals surface area contributed by atoms with E-state index in [-0.39, 0.29) is 17.2 Å². The Bertz CT molecular complexity index is 643. The van der Waals surface area contributed by atoms with E-state index in [1.807, 2.05) is 13.8 Å². The molecule has 0 aromatic heterocycles. The number of ether oxygens (including phenoxy) is 3. The molecule has 0 aliphatic carbocycles. The van der Waals surface area contributed by atoms with Crippen LogP contribution >= 0.6 is 0 Å². The fourth-order valence-corrected chi connectivity index (χ4v) is 1.91. The van der Waals surface area contributed by atoms with Gasteiger partial charge < -0.3 is 18.8 Å². The lowest BCUT2D eigenvalue weighted by molar-refractivity contribution is -0.0851. The van der Waals surface area contributed by atoms with E-state index < -0.39 is 40.6 Å². The lowest BCUT2D eigenvalue weighted by atomic mass is 10.2. The Morgan fingerprint density at radius 2 is 2.00 bits per heavy atom. The molecule has 23 heavy (non-hydrogen) atoms. The Morgan fingerprint density at radius 3 is 2.52 bits per heavy atom. The van der Waals surface area contributed by atoms with Crippen LogP contribution < -0.4 is 4.74 Å². The van der Waals surface area contributed by atoms with Crippen LogP contribution in [0.4, 0.5) is 4.39 Å². The van der Waals surface area contributed by atoms with E-state index in [9.17, 15) is 22.2 Å². The van der Waals surface area contributed by atoms with Gasteiger partial charge in [0, 0.05) is 13.0 Å². The van der Waals surface area contributed by atoms with Gasteiger partial charge in [0.1, 0.15) is 6.61 Å². The number of hydrogen-bond donors (Lipinski definition) is 0. The minimum absolute atomic E-state index is 0.0386. The third-order valence-electron chi connectivity index (χ3n) is 2.75. The summed E-state index contributed by atoms with van der Waals surface area (Å²) in [4.78, 5) is 11.8. The van der Waals surface area contributed by atoms with E-state index in [0.717, 1.165) is 18.2 Å². The normalized spacial score (nSPS) is 13.0. The zero-order valence-corrected chi connectivity index (χ0v) is 13.8. The molecule has 1 rings (SSSR count). The third-order valence-corrected chi connectivity index (χ3v) is 3.42. The number of benzene rings is 1. The number of halogens is 1. The molecule has 0 spiro atoms. The van der Waals surface area contributed by atoms with Crippen molar-refractivity contribution in [3.05, 3.63) is 29.6 Å². The predicted molar refractivity (Wildman–Crippen MR) is 77.5 cm³/mol. The Kier molecular flexibility index (Phi) is 6.92. The molecule has 0 N–H and O–H groups in total. The predicted octanol–water partition coefficient (Wildman–Crippen LogP) is 1.54. The second kappa shape index (κ2) is 8.23. The molecule has 0 aliphatic rings. The molecule has 1 aromatic rings.